The molecule has 0 bridgehead atoms. The van der Waals surface area contributed by atoms with Gasteiger partial charge >= 0.3 is 0 Å². The van der Waals surface area contributed by atoms with E-state index in [2.05, 4.69) is 15.4 Å². The lowest BCUT2D eigenvalue weighted by atomic mass is 10.1. The first-order valence-corrected chi connectivity index (χ1v) is 8.40. The maximum absolute atomic E-state index is 12.5. The van der Waals surface area contributed by atoms with Gasteiger partial charge in [0.25, 0.3) is 5.91 Å². The predicted molar refractivity (Wildman–Crippen MR) is 103 cm³/mol. The molecular weight excluding hydrogens is 324 g/mol. The molecule has 0 atom stereocenters. The number of nitrogens with one attached hydrogen (secondary N) is 1. The third-order valence-electron chi connectivity index (χ3n) is 4.25. The highest BCUT2D eigenvalue weighted by Gasteiger charge is 2.12. The quantitative estimate of drug-likeness (QED) is 0.604. The Morgan fingerprint density at radius 2 is 1.81 bits per heavy atom. The lowest BCUT2D eigenvalue weighted by molar-refractivity contribution is 0.102. The predicted octanol–water partition coefficient (Wildman–Crippen LogP) is 4.29. The third-order valence-corrected chi connectivity index (χ3v) is 4.25. The first-order chi connectivity index (χ1) is 12.6. The molecule has 0 saturated carbocycles. The number of fused-ring (bicyclic) bond motifs is 1. The fourth-order valence-corrected chi connectivity index (χ4v) is 2.95. The Balaban J connectivity index is 1.68. The molecule has 0 radical (unpaired) electrons. The van der Waals surface area contributed by atoms with Crippen molar-refractivity contribution in [2.24, 2.45) is 0 Å². The van der Waals surface area contributed by atoms with Crippen LogP contribution in [0.5, 0.6) is 0 Å². The van der Waals surface area contributed by atoms with E-state index in [9.17, 15) is 4.79 Å². The van der Waals surface area contributed by atoms with Gasteiger partial charge in [-0.1, -0.05) is 35.9 Å². The molecule has 5 heteroatoms. The molecule has 1 N–H and O–H groups in total. The van der Waals surface area contributed by atoms with Crippen LogP contribution in [0.1, 0.15) is 21.6 Å². The van der Waals surface area contributed by atoms with Crippen molar-refractivity contribution < 1.29 is 4.79 Å². The minimum Gasteiger partial charge on any atom is -0.321 e. The first-order valence-electron chi connectivity index (χ1n) is 8.40. The molecule has 4 rings (SSSR count). The summed E-state index contributed by atoms with van der Waals surface area (Å²) >= 11 is 0. The number of benzene rings is 2. The average Bonchev–Trinajstić information content (AvgIpc) is 2.99. The van der Waals surface area contributed by atoms with Crippen LogP contribution in [0.15, 0.2) is 66.9 Å². The van der Waals surface area contributed by atoms with Crippen molar-refractivity contribution >= 4 is 22.6 Å². The van der Waals surface area contributed by atoms with Crippen molar-refractivity contribution in [3.63, 3.8) is 0 Å². The minimum atomic E-state index is -0.150. The van der Waals surface area contributed by atoms with Gasteiger partial charge in [-0.25, -0.2) is 9.67 Å². The number of aromatic nitrogens is 3. The normalized spacial score (nSPS) is 10.8. The zero-order valence-corrected chi connectivity index (χ0v) is 14.6. The highest BCUT2D eigenvalue weighted by molar-refractivity contribution is 6.05. The Labute approximate surface area is 151 Å². The van der Waals surface area contributed by atoms with E-state index in [1.807, 2.05) is 73.1 Å². The van der Waals surface area contributed by atoms with Crippen LogP contribution in [0.2, 0.25) is 0 Å². The van der Waals surface area contributed by atoms with Gasteiger partial charge in [0.05, 0.1) is 23.3 Å². The van der Waals surface area contributed by atoms with E-state index in [-0.39, 0.29) is 5.91 Å². The van der Waals surface area contributed by atoms with Gasteiger partial charge in [0.1, 0.15) is 0 Å². The van der Waals surface area contributed by atoms with Gasteiger partial charge in [-0.15, -0.1) is 0 Å². The second-order valence-corrected chi connectivity index (χ2v) is 6.25. The zero-order valence-electron chi connectivity index (χ0n) is 14.6. The second kappa shape index (κ2) is 6.44. The first kappa shape index (κ1) is 16.0. The SMILES string of the molecule is Cc1cccc(C(=O)Nc2cnc3c(c2)c(C)nn3-c2ccccc2)c1. The van der Waals surface area contributed by atoms with E-state index < -0.39 is 0 Å². The fourth-order valence-electron chi connectivity index (χ4n) is 2.95. The summed E-state index contributed by atoms with van der Waals surface area (Å²) in [6.45, 7) is 3.90. The molecule has 4 aromatic rings. The average molecular weight is 342 g/mol. The fraction of sp³-hybridized carbons (Fsp3) is 0.0952. The van der Waals surface area contributed by atoms with Crippen LogP contribution in [-0.4, -0.2) is 20.7 Å². The number of pyridine rings is 1. The van der Waals surface area contributed by atoms with E-state index in [4.69, 9.17) is 0 Å². The van der Waals surface area contributed by atoms with E-state index in [1.54, 1.807) is 12.3 Å². The van der Waals surface area contributed by atoms with Crippen LogP contribution >= 0.6 is 0 Å². The maximum Gasteiger partial charge on any atom is 0.255 e. The van der Waals surface area contributed by atoms with Crippen LogP contribution < -0.4 is 5.32 Å². The smallest absolute Gasteiger partial charge is 0.255 e. The number of carbonyl (C=O) groups is 1. The number of carbonyl (C=O) groups excluding carboxylic acids is 1. The summed E-state index contributed by atoms with van der Waals surface area (Å²) in [5, 5.41) is 8.42. The molecule has 2 aromatic carbocycles. The molecular formula is C21H18N4O. The number of nitrogens with zero attached hydrogens (tertiary/aromatic N) is 3. The van der Waals surface area contributed by atoms with Crippen molar-refractivity contribution in [2.75, 3.05) is 5.32 Å². The number of hydrogen-bond donors (Lipinski definition) is 1. The van der Waals surface area contributed by atoms with Gasteiger partial charge in [0.15, 0.2) is 5.65 Å². The Morgan fingerprint density at radius 1 is 1.00 bits per heavy atom. The number of para-hydroxylation sites is 1. The Hall–Kier alpha value is -3.47. The standard InChI is InChI=1S/C21H18N4O/c1-14-7-6-8-16(11-14)21(26)23-17-12-19-15(2)24-25(20(19)22-13-17)18-9-4-3-5-10-18/h3-13H,1-2H3,(H,23,26). The highest BCUT2D eigenvalue weighted by atomic mass is 16.1. The third kappa shape index (κ3) is 2.95. The summed E-state index contributed by atoms with van der Waals surface area (Å²) in [5.74, 6) is -0.150. The molecule has 128 valence electrons. The van der Waals surface area contributed by atoms with Gasteiger partial charge < -0.3 is 5.32 Å². The van der Waals surface area contributed by atoms with E-state index in [1.165, 1.54) is 0 Å². The van der Waals surface area contributed by atoms with Gasteiger partial charge in [-0.05, 0) is 44.2 Å². The maximum atomic E-state index is 12.5. The van der Waals surface area contributed by atoms with E-state index in [0.29, 0.717) is 11.3 Å². The number of hydrogen-bond acceptors (Lipinski definition) is 3. The van der Waals surface area contributed by atoms with Crippen molar-refractivity contribution in [1.82, 2.24) is 14.8 Å². The van der Waals surface area contributed by atoms with Crippen molar-refractivity contribution in [2.45, 2.75) is 13.8 Å². The van der Waals surface area contributed by atoms with Crippen LogP contribution in [0.25, 0.3) is 16.7 Å². The van der Waals surface area contributed by atoms with Gasteiger partial charge in [0, 0.05) is 10.9 Å². The van der Waals surface area contributed by atoms with E-state index in [0.717, 1.165) is 28.0 Å². The molecule has 5 nitrogen and oxygen atoms in total. The number of aryl methyl sites for hydroxylation is 2. The molecule has 0 fully saturated rings. The lowest BCUT2D eigenvalue weighted by Gasteiger charge is -2.06. The van der Waals surface area contributed by atoms with Crippen LogP contribution in [0, 0.1) is 13.8 Å². The molecule has 0 aliphatic rings. The van der Waals surface area contributed by atoms with Crippen LogP contribution in [0.3, 0.4) is 0 Å². The zero-order chi connectivity index (χ0) is 18.1. The summed E-state index contributed by atoms with van der Waals surface area (Å²) in [6.07, 6.45) is 1.66. The molecule has 0 aliphatic carbocycles. The minimum absolute atomic E-state index is 0.150. The van der Waals surface area contributed by atoms with E-state index >= 15 is 0 Å². The Kier molecular flexibility index (Phi) is 3.97. The monoisotopic (exact) mass is 342 g/mol. The summed E-state index contributed by atoms with van der Waals surface area (Å²) in [4.78, 5) is 17.0. The summed E-state index contributed by atoms with van der Waals surface area (Å²) in [5.41, 5.74) is 4.91. The van der Waals surface area contributed by atoms with Gasteiger partial charge in [-0.2, -0.15) is 5.10 Å². The molecule has 0 aliphatic heterocycles. The molecule has 0 saturated heterocycles. The lowest BCUT2D eigenvalue weighted by Crippen LogP contribution is -2.12. The number of amides is 1. The highest BCUT2D eigenvalue weighted by Crippen LogP contribution is 2.23. The summed E-state index contributed by atoms with van der Waals surface area (Å²) < 4.78 is 1.82. The molecule has 2 heterocycles. The van der Waals surface area contributed by atoms with Crippen LogP contribution in [0.4, 0.5) is 5.69 Å². The number of rotatable bonds is 3. The van der Waals surface area contributed by atoms with Crippen molar-refractivity contribution in [3.8, 4) is 5.69 Å². The largest absolute Gasteiger partial charge is 0.321 e. The molecule has 1 amide bonds. The topological polar surface area (TPSA) is 59.8 Å². The Morgan fingerprint density at radius 3 is 2.58 bits per heavy atom. The molecule has 2 aromatic heterocycles. The summed E-state index contributed by atoms with van der Waals surface area (Å²) in [6, 6.07) is 19.3. The molecule has 26 heavy (non-hydrogen) atoms. The van der Waals surface area contributed by atoms with Gasteiger partial charge in [0.2, 0.25) is 0 Å². The second-order valence-electron chi connectivity index (χ2n) is 6.25. The van der Waals surface area contributed by atoms with Gasteiger partial charge in [-0.3, -0.25) is 4.79 Å². The summed E-state index contributed by atoms with van der Waals surface area (Å²) in [7, 11) is 0. The molecule has 0 spiro atoms. The van der Waals surface area contributed by atoms with Crippen molar-refractivity contribution in [3.05, 3.63) is 83.7 Å². The van der Waals surface area contributed by atoms with Crippen molar-refractivity contribution in [1.29, 1.82) is 0 Å². The van der Waals surface area contributed by atoms with Crippen LogP contribution in [-0.2, 0) is 0 Å². The number of anilines is 1. The molecule has 0 unspecified atom stereocenters. The Bertz CT molecular complexity index is 1100.